The van der Waals surface area contributed by atoms with Gasteiger partial charge in [0.2, 0.25) is 11.8 Å². The Morgan fingerprint density at radius 3 is 2.79 bits per heavy atom. The summed E-state index contributed by atoms with van der Waals surface area (Å²) < 4.78 is 0. The van der Waals surface area contributed by atoms with Gasteiger partial charge in [-0.2, -0.15) is 5.10 Å². The maximum Gasteiger partial charge on any atom is 0.226 e. The van der Waals surface area contributed by atoms with Gasteiger partial charge >= 0.3 is 0 Å². The molecule has 156 valence electrons. The molecule has 1 saturated heterocycles. The number of H-pyrrole nitrogens is 1. The Hall–Kier alpha value is -2.22. The fourth-order valence-electron chi connectivity index (χ4n) is 4.89. The molecule has 2 aromatic heterocycles. The number of anilines is 1. The van der Waals surface area contributed by atoms with Crippen molar-refractivity contribution in [1.82, 2.24) is 20.1 Å². The Bertz CT molecular complexity index is 799. The number of hydrogen-bond acceptors (Lipinski definition) is 5. The first-order valence-corrected chi connectivity index (χ1v) is 11.5. The summed E-state index contributed by atoms with van der Waals surface area (Å²) in [5, 5.41) is 12.5. The van der Waals surface area contributed by atoms with Crippen molar-refractivity contribution in [2.75, 3.05) is 18.4 Å². The monoisotopic (exact) mass is 415 g/mol. The highest BCUT2D eigenvalue weighted by Crippen LogP contribution is 2.43. The van der Waals surface area contributed by atoms with Crippen molar-refractivity contribution >= 4 is 28.3 Å². The summed E-state index contributed by atoms with van der Waals surface area (Å²) in [4.78, 5) is 32.1. The minimum Gasteiger partial charge on any atom is -0.342 e. The minimum absolute atomic E-state index is 0.0244. The van der Waals surface area contributed by atoms with E-state index in [9.17, 15) is 9.59 Å². The molecule has 4 rings (SSSR count). The predicted molar refractivity (Wildman–Crippen MR) is 113 cm³/mol. The SMILES string of the molecule is O=C(CC1(CC(=O)N2CCCC(c3ccn[nH]3)C2)CCCCC1)Nc1nccs1. The van der Waals surface area contributed by atoms with Gasteiger partial charge in [0.05, 0.1) is 0 Å². The molecule has 2 aliphatic rings. The van der Waals surface area contributed by atoms with Crippen LogP contribution in [0.5, 0.6) is 0 Å². The Balaban J connectivity index is 1.40. The highest BCUT2D eigenvalue weighted by Gasteiger charge is 2.38. The van der Waals surface area contributed by atoms with Gasteiger partial charge in [-0.3, -0.25) is 14.7 Å². The van der Waals surface area contributed by atoms with Gasteiger partial charge in [0.15, 0.2) is 5.13 Å². The van der Waals surface area contributed by atoms with Crippen molar-refractivity contribution in [2.45, 2.75) is 63.7 Å². The van der Waals surface area contributed by atoms with Crippen LogP contribution in [0.4, 0.5) is 5.13 Å². The molecule has 0 aromatic carbocycles. The zero-order chi connectivity index (χ0) is 20.1. The van der Waals surface area contributed by atoms with E-state index in [1.54, 1.807) is 12.4 Å². The summed E-state index contributed by atoms with van der Waals surface area (Å²) in [6.07, 6.45) is 11.7. The number of nitrogens with one attached hydrogen (secondary N) is 2. The number of nitrogens with zero attached hydrogens (tertiary/aromatic N) is 3. The average Bonchev–Trinajstić information content (AvgIpc) is 3.43. The van der Waals surface area contributed by atoms with Crippen LogP contribution in [0.3, 0.4) is 0 Å². The predicted octanol–water partition coefficient (Wildman–Crippen LogP) is 3.94. The molecule has 2 aromatic rings. The van der Waals surface area contributed by atoms with Gasteiger partial charge < -0.3 is 10.2 Å². The second-order valence-electron chi connectivity index (χ2n) is 8.49. The van der Waals surface area contributed by atoms with Crippen LogP contribution in [0, 0.1) is 5.41 Å². The third kappa shape index (κ3) is 5.04. The number of aromatic nitrogens is 3. The average molecular weight is 416 g/mol. The van der Waals surface area contributed by atoms with E-state index in [1.165, 1.54) is 17.8 Å². The van der Waals surface area contributed by atoms with Crippen LogP contribution >= 0.6 is 11.3 Å². The third-order valence-electron chi connectivity index (χ3n) is 6.39. The van der Waals surface area contributed by atoms with Crippen molar-refractivity contribution in [3.63, 3.8) is 0 Å². The van der Waals surface area contributed by atoms with Crippen LogP contribution in [0.25, 0.3) is 0 Å². The smallest absolute Gasteiger partial charge is 0.226 e. The largest absolute Gasteiger partial charge is 0.342 e. The van der Waals surface area contributed by atoms with Gasteiger partial charge in [-0.1, -0.05) is 19.3 Å². The second-order valence-corrected chi connectivity index (χ2v) is 9.39. The van der Waals surface area contributed by atoms with E-state index >= 15 is 0 Å². The molecule has 7 nitrogen and oxygen atoms in total. The summed E-state index contributed by atoms with van der Waals surface area (Å²) >= 11 is 1.42. The van der Waals surface area contributed by atoms with Crippen molar-refractivity contribution < 1.29 is 9.59 Å². The molecule has 29 heavy (non-hydrogen) atoms. The lowest BCUT2D eigenvalue weighted by Crippen LogP contribution is -2.43. The number of carbonyl (C=O) groups is 2. The summed E-state index contributed by atoms with van der Waals surface area (Å²) in [7, 11) is 0. The topological polar surface area (TPSA) is 91.0 Å². The zero-order valence-electron chi connectivity index (χ0n) is 16.7. The fraction of sp³-hybridized carbons (Fsp3) is 0.619. The molecule has 8 heteroatoms. The lowest BCUT2D eigenvalue weighted by Gasteiger charge is -2.39. The first-order valence-electron chi connectivity index (χ1n) is 10.6. The van der Waals surface area contributed by atoms with Crippen LogP contribution in [0.2, 0.25) is 0 Å². The minimum atomic E-state index is -0.225. The number of piperidine rings is 1. The molecule has 3 heterocycles. The van der Waals surface area contributed by atoms with E-state index in [1.807, 2.05) is 16.3 Å². The number of aromatic amines is 1. The molecule has 0 spiro atoms. The normalized spacial score (nSPS) is 21.7. The maximum atomic E-state index is 13.2. The molecule has 2 amide bonds. The molecule has 1 unspecified atom stereocenters. The summed E-state index contributed by atoms with van der Waals surface area (Å²) in [5.74, 6) is 0.493. The molecule has 1 aliphatic heterocycles. The van der Waals surface area contributed by atoms with Gasteiger partial charge in [-0.05, 0) is 37.2 Å². The van der Waals surface area contributed by atoms with E-state index in [0.717, 1.165) is 57.3 Å². The van der Waals surface area contributed by atoms with E-state index in [0.29, 0.717) is 23.9 Å². The zero-order valence-corrected chi connectivity index (χ0v) is 17.5. The molecular weight excluding hydrogens is 386 g/mol. The lowest BCUT2D eigenvalue weighted by molar-refractivity contribution is -0.136. The first kappa shape index (κ1) is 20.1. The fourth-order valence-corrected chi connectivity index (χ4v) is 5.44. The van der Waals surface area contributed by atoms with E-state index in [-0.39, 0.29) is 17.2 Å². The van der Waals surface area contributed by atoms with Crippen molar-refractivity contribution in [1.29, 1.82) is 0 Å². The highest BCUT2D eigenvalue weighted by molar-refractivity contribution is 7.13. The quantitative estimate of drug-likeness (QED) is 0.747. The maximum absolute atomic E-state index is 13.2. The molecule has 2 fully saturated rings. The van der Waals surface area contributed by atoms with Gasteiger partial charge in [0.1, 0.15) is 0 Å². The molecule has 2 N–H and O–H groups in total. The number of likely N-dealkylation sites (tertiary alicyclic amines) is 1. The number of thiazole rings is 1. The number of rotatable bonds is 6. The van der Waals surface area contributed by atoms with Gasteiger partial charge in [0, 0.05) is 55.3 Å². The highest BCUT2D eigenvalue weighted by atomic mass is 32.1. The molecular formula is C21H29N5O2S. The van der Waals surface area contributed by atoms with E-state index < -0.39 is 0 Å². The lowest BCUT2D eigenvalue weighted by atomic mass is 9.69. The molecule has 0 radical (unpaired) electrons. The van der Waals surface area contributed by atoms with Gasteiger partial charge in [0.25, 0.3) is 0 Å². The Morgan fingerprint density at radius 1 is 1.21 bits per heavy atom. The van der Waals surface area contributed by atoms with E-state index in [2.05, 4.69) is 20.5 Å². The molecule has 1 saturated carbocycles. The summed E-state index contributed by atoms with van der Waals surface area (Å²) in [5.41, 5.74) is 0.884. The molecule has 0 bridgehead atoms. The van der Waals surface area contributed by atoms with Crippen LogP contribution in [0.1, 0.15) is 69.4 Å². The Kier molecular flexibility index (Phi) is 6.28. The first-order chi connectivity index (χ1) is 14.1. The standard InChI is InChI=1S/C21H29N5O2S/c27-18(24-20-22-10-12-29-20)13-21(7-2-1-3-8-21)14-19(28)26-11-4-5-16(15-26)17-6-9-23-25-17/h6,9-10,12,16H,1-5,7-8,11,13-15H2,(H,23,25)(H,22,24,27). The second kappa shape index (κ2) is 9.07. The van der Waals surface area contributed by atoms with Gasteiger partial charge in [-0.25, -0.2) is 4.98 Å². The van der Waals surface area contributed by atoms with Gasteiger partial charge in [-0.15, -0.1) is 11.3 Å². The van der Waals surface area contributed by atoms with Crippen molar-refractivity contribution in [3.8, 4) is 0 Å². The number of carbonyl (C=O) groups excluding carboxylic acids is 2. The number of hydrogen-bond donors (Lipinski definition) is 2. The third-order valence-corrected chi connectivity index (χ3v) is 7.08. The van der Waals surface area contributed by atoms with Crippen molar-refractivity contribution in [2.24, 2.45) is 5.41 Å². The van der Waals surface area contributed by atoms with E-state index in [4.69, 9.17) is 0 Å². The summed E-state index contributed by atoms with van der Waals surface area (Å²) in [6, 6.07) is 2.00. The van der Waals surface area contributed by atoms with Crippen molar-refractivity contribution in [3.05, 3.63) is 29.5 Å². The molecule has 1 atom stereocenters. The Labute approximate surface area is 175 Å². The Morgan fingerprint density at radius 2 is 2.07 bits per heavy atom. The van der Waals surface area contributed by atoms with Crippen LogP contribution in [0.15, 0.2) is 23.8 Å². The van der Waals surface area contributed by atoms with Crippen LogP contribution < -0.4 is 5.32 Å². The summed E-state index contributed by atoms with van der Waals surface area (Å²) in [6.45, 7) is 1.55. The number of amides is 2. The van der Waals surface area contributed by atoms with Crippen LogP contribution in [-0.2, 0) is 9.59 Å². The van der Waals surface area contributed by atoms with Crippen LogP contribution in [-0.4, -0.2) is 45.0 Å². The molecule has 1 aliphatic carbocycles.